The van der Waals surface area contributed by atoms with Crippen LogP contribution in [0.1, 0.15) is 356 Å². The van der Waals surface area contributed by atoms with E-state index in [1.165, 1.54) is 180 Å². The standard InChI is InChI=1S/C69H134O17P2/c1-6-9-12-15-18-21-24-25-26-27-28-29-34-40-45-50-55-69(74)86-65(59-80-67(72)53-48-43-38-35-30-31-36-41-46-51-62(4)5)61-84-88(77,78)82-57-63(70)56-81-87(75,76)83-60-64(85-68(73)54-49-44-39-33-23-20-17-14-11-8-3)58-79-66(71)52-47-42-37-32-22-19-16-13-10-7-2/h62-65,70H,6-61H2,1-5H3,(H,75,76)(H,77,78)/t63-,64+,65+/m0/s1. The second kappa shape index (κ2) is 62.5. The lowest BCUT2D eigenvalue weighted by atomic mass is 10.0. The molecule has 0 aromatic carbocycles. The smallest absolute Gasteiger partial charge is 0.462 e. The van der Waals surface area contributed by atoms with Crippen LogP contribution in [0.4, 0.5) is 0 Å². The van der Waals surface area contributed by atoms with Crippen molar-refractivity contribution >= 4 is 39.5 Å². The van der Waals surface area contributed by atoms with Crippen LogP contribution in [0.15, 0.2) is 0 Å². The molecule has 0 spiro atoms. The summed E-state index contributed by atoms with van der Waals surface area (Å²) in [7, 11) is -9.89. The molecule has 0 aromatic heterocycles. The molecule has 19 heteroatoms. The number of hydrogen-bond acceptors (Lipinski definition) is 15. The molecule has 0 saturated carbocycles. The lowest BCUT2D eigenvalue weighted by molar-refractivity contribution is -0.161. The molecule has 0 rings (SSSR count). The van der Waals surface area contributed by atoms with Crippen molar-refractivity contribution in [2.75, 3.05) is 39.6 Å². The first-order valence-electron chi connectivity index (χ1n) is 36.1. The number of carbonyl (C=O) groups is 4. The molecule has 0 saturated heterocycles. The van der Waals surface area contributed by atoms with Gasteiger partial charge in [-0.3, -0.25) is 37.3 Å². The van der Waals surface area contributed by atoms with Gasteiger partial charge in [0.15, 0.2) is 12.2 Å². The van der Waals surface area contributed by atoms with Crippen molar-refractivity contribution in [3.05, 3.63) is 0 Å². The molecule has 3 N–H and O–H groups in total. The SMILES string of the molecule is CCCCCCCCCCCCCCCCCCC(=O)O[C@H](COC(=O)CCCCCCCCCCCC(C)C)COP(=O)(O)OC[C@@H](O)COP(=O)(O)OC[C@@H](COC(=O)CCCCCCCCCCCC)OC(=O)CCCCCCCCCCCC. The van der Waals surface area contributed by atoms with Crippen LogP contribution in [0.3, 0.4) is 0 Å². The number of ether oxygens (including phenoxy) is 4. The monoisotopic (exact) mass is 1300 g/mol. The Morgan fingerprint density at radius 1 is 0.307 bits per heavy atom. The Balaban J connectivity index is 5.23. The summed E-state index contributed by atoms with van der Waals surface area (Å²) in [6, 6.07) is 0. The average molecular weight is 1300 g/mol. The molecule has 0 aliphatic carbocycles. The van der Waals surface area contributed by atoms with Crippen LogP contribution in [-0.2, 0) is 65.4 Å². The van der Waals surface area contributed by atoms with Crippen molar-refractivity contribution in [2.24, 2.45) is 5.92 Å². The number of esters is 4. The first kappa shape index (κ1) is 86.1. The van der Waals surface area contributed by atoms with Crippen molar-refractivity contribution < 1.29 is 80.2 Å². The predicted octanol–water partition coefficient (Wildman–Crippen LogP) is 19.7. The van der Waals surface area contributed by atoms with Gasteiger partial charge < -0.3 is 33.8 Å². The summed E-state index contributed by atoms with van der Waals surface area (Å²) in [5.74, 6) is -1.38. The van der Waals surface area contributed by atoms with E-state index < -0.39 is 97.5 Å². The third kappa shape index (κ3) is 62.8. The zero-order chi connectivity index (χ0) is 64.9. The van der Waals surface area contributed by atoms with Crippen LogP contribution >= 0.6 is 15.6 Å². The fourth-order valence-corrected chi connectivity index (χ4v) is 12.0. The number of rotatable bonds is 69. The Kier molecular flexibility index (Phi) is 61.1. The fourth-order valence-electron chi connectivity index (χ4n) is 10.5. The van der Waals surface area contributed by atoms with Gasteiger partial charge in [-0.15, -0.1) is 0 Å². The summed E-state index contributed by atoms with van der Waals surface area (Å²) in [4.78, 5) is 72.4. The highest BCUT2D eigenvalue weighted by molar-refractivity contribution is 7.47. The summed E-state index contributed by atoms with van der Waals surface area (Å²) in [6.45, 7) is 7.21. The van der Waals surface area contributed by atoms with Gasteiger partial charge in [-0.1, -0.05) is 304 Å². The first-order chi connectivity index (χ1) is 42.5. The van der Waals surface area contributed by atoms with Crippen LogP contribution in [0, 0.1) is 5.92 Å². The van der Waals surface area contributed by atoms with E-state index in [-0.39, 0.29) is 25.7 Å². The van der Waals surface area contributed by atoms with Gasteiger partial charge in [0.25, 0.3) is 0 Å². The summed E-state index contributed by atoms with van der Waals surface area (Å²) in [5.41, 5.74) is 0. The summed E-state index contributed by atoms with van der Waals surface area (Å²) >= 11 is 0. The molecule has 0 aliphatic heterocycles. The van der Waals surface area contributed by atoms with E-state index >= 15 is 0 Å². The quantitative estimate of drug-likeness (QED) is 0.0222. The predicted molar refractivity (Wildman–Crippen MR) is 354 cm³/mol. The van der Waals surface area contributed by atoms with Crippen molar-refractivity contribution in [3.63, 3.8) is 0 Å². The highest BCUT2D eigenvalue weighted by Gasteiger charge is 2.30. The molecule has 0 fully saturated rings. The molecule has 0 bridgehead atoms. The zero-order valence-electron chi connectivity index (χ0n) is 56.9. The number of hydrogen-bond donors (Lipinski definition) is 3. The van der Waals surface area contributed by atoms with E-state index in [2.05, 4.69) is 34.6 Å². The molecule has 2 unspecified atom stereocenters. The summed E-state index contributed by atoms with van der Waals surface area (Å²) in [5, 5.41) is 10.6. The molecule has 5 atom stereocenters. The molecular weight excluding hydrogens is 1160 g/mol. The highest BCUT2D eigenvalue weighted by atomic mass is 31.2. The number of phosphoric ester groups is 2. The van der Waals surface area contributed by atoms with Crippen molar-refractivity contribution in [2.45, 2.75) is 374 Å². The molecule has 0 heterocycles. The van der Waals surface area contributed by atoms with Gasteiger partial charge >= 0.3 is 39.5 Å². The Bertz CT molecular complexity index is 1700. The molecule has 0 aliphatic rings. The van der Waals surface area contributed by atoms with Gasteiger partial charge in [0, 0.05) is 25.7 Å². The first-order valence-corrected chi connectivity index (χ1v) is 39.1. The van der Waals surface area contributed by atoms with Crippen LogP contribution in [-0.4, -0.2) is 96.7 Å². The van der Waals surface area contributed by atoms with Crippen LogP contribution in [0.25, 0.3) is 0 Å². The van der Waals surface area contributed by atoms with Gasteiger partial charge in [-0.25, -0.2) is 9.13 Å². The second-order valence-electron chi connectivity index (χ2n) is 25.4. The van der Waals surface area contributed by atoms with Crippen LogP contribution < -0.4 is 0 Å². The van der Waals surface area contributed by atoms with Crippen molar-refractivity contribution in [1.29, 1.82) is 0 Å². The Hall–Kier alpha value is -1.94. The van der Waals surface area contributed by atoms with E-state index in [4.69, 9.17) is 37.0 Å². The maximum Gasteiger partial charge on any atom is 0.472 e. The maximum absolute atomic E-state index is 13.0. The molecule has 0 radical (unpaired) electrons. The van der Waals surface area contributed by atoms with E-state index in [9.17, 15) is 43.2 Å². The molecule has 17 nitrogen and oxygen atoms in total. The number of aliphatic hydroxyl groups is 1. The van der Waals surface area contributed by atoms with E-state index in [0.717, 1.165) is 95.8 Å². The molecular formula is C69H134O17P2. The Labute approximate surface area is 537 Å². The topological polar surface area (TPSA) is 237 Å². The third-order valence-corrected chi connectivity index (χ3v) is 17.9. The summed E-state index contributed by atoms with van der Waals surface area (Å²) in [6.07, 6.45) is 48.5. The van der Waals surface area contributed by atoms with Gasteiger partial charge in [-0.2, -0.15) is 0 Å². The minimum absolute atomic E-state index is 0.107. The molecule has 0 aromatic rings. The molecule has 0 amide bonds. The van der Waals surface area contributed by atoms with E-state index in [1.807, 2.05) is 0 Å². The van der Waals surface area contributed by atoms with E-state index in [0.29, 0.717) is 25.7 Å². The van der Waals surface area contributed by atoms with Crippen LogP contribution in [0.2, 0.25) is 0 Å². The highest BCUT2D eigenvalue weighted by Crippen LogP contribution is 2.45. The van der Waals surface area contributed by atoms with Gasteiger partial charge in [0.2, 0.25) is 0 Å². The zero-order valence-corrected chi connectivity index (χ0v) is 58.6. The van der Waals surface area contributed by atoms with Crippen molar-refractivity contribution in [1.82, 2.24) is 0 Å². The maximum atomic E-state index is 13.0. The molecule has 88 heavy (non-hydrogen) atoms. The second-order valence-corrected chi connectivity index (χ2v) is 28.3. The lowest BCUT2D eigenvalue weighted by Crippen LogP contribution is -2.30. The largest absolute Gasteiger partial charge is 0.472 e. The summed E-state index contributed by atoms with van der Waals surface area (Å²) < 4.78 is 68.2. The van der Waals surface area contributed by atoms with Crippen LogP contribution in [0.5, 0.6) is 0 Å². The van der Waals surface area contributed by atoms with Gasteiger partial charge in [0.05, 0.1) is 26.4 Å². The lowest BCUT2D eigenvalue weighted by Gasteiger charge is -2.21. The average Bonchev–Trinajstić information content (AvgIpc) is 3.71. The van der Waals surface area contributed by atoms with Gasteiger partial charge in [-0.05, 0) is 31.6 Å². The number of aliphatic hydroxyl groups excluding tert-OH is 1. The Morgan fingerprint density at radius 2 is 0.523 bits per heavy atom. The number of carbonyl (C=O) groups excluding carboxylic acids is 4. The van der Waals surface area contributed by atoms with E-state index in [1.54, 1.807) is 0 Å². The fraction of sp³-hybridized carbons (Fsp3) is 0.942. The van der Waals surface area contributed by atoms with Gasteiger partial charge in [0.1, 0.15) is 19.3 Å². The minimum Gasteiger partial charge on any atom is -0.462 e. The minimum atomic E-state index is -4.95. The normalized spacial score (nSPS) is 14.1. The third-order valence-electron chi connectivity index (χ3n) is 16.0. The molecule has 522 valence electrons. The number of unbranched alkanes of at least 4 members (excludes halogenated alkanes) is 41. The Morgan fingerprint density at radius 3 is 0.773 bits per heavy atom. The van der Waals surface area contributed by atoms with Crippen molar-refractivity contribution in [3.8, 4) is 0 Å². The number of phosphoric acid groups is 2.